The molecular weight excluding hydrogens is 316 g/mol. The molecule has 6 heteroatoms. The van der Waals surface area contributed by atoms with E-state index in [9.17, 15) is 9.90 Å². The lowest BCUT2D eigenvalue weighted by atomic mass is 10.2. The van der Waals surface area contributed by atoms with Crippen molar-refractivity contribution in [1.82, 2.24) is 14.7 Å². The second kappa shape index (κ2) is 9.22. The van der Waals surface area contributed by atoms with Gasteiger partial charge in [0.2, 0.25) is 0 Å². The number of nitrogens with zero attached hydrogens (tertiary/aromatic N) is 3. The molecule has 0 aliphatic rings. The fraction of sp³-hybridized carbons (Fsp3) is 0.474. The maximum atomic E-state index is 12.5. The number of anilines is 1. The van der Waals surface area contributed by atoms with Gasteiger partial charge in [-0.2, -0.15) is 5.10 Å². The van der Waals surface area contributed by atoms with Gasteiger partial charge in [0.1, 0.15) is 0 Å². The van der Waals surface area contributed by atoms with E-state index >= 15 is 0 Å². The number of aromatic nitrogens is 2. The summed E-state index contributed by atoms with van der Waals surface area (Å²) < 4.78 is 1.86. The Morgan fingerprint density at radius 1 is 1.24 bits per heavy atom. The van der Waals surface area contributed by atoms with E-state index in [4.69, 9.17) is 0 Å². The highest BCUT2D eigenvalue weighted by Crippen LogP contribution is 2.17. The van der Waals surface area contributed by atoms with E-state index in [1.807, 2.05) is 48.9 Å². The van der Waals surface area contributed by atoms with E-state index in [-0.39, 0.29) is 12.6 Å². The average Bonchev–Trinajstić information content (AvgIpc) is 2.93. The van der Waals surface area contributed by atoms with Gasteiger partial charge >= 0.3 is 6.03 Å². The number of amides is 2. The van der Waals surface area contributed by atoms with E-state index in [0.29, 0.717) is 18.8 Å². The normalized spacial score (nSPS) is 10.7. The highest BCUT2D eigenvalue weighted by atomic mass is 16.3. The van der Waals surface area contributed by atoms with Crippen molar-refractivity contribution in [2.45, 2.75) is 40.0 Å². The van der Waals surface area contributed by atoms with Crippen molar-refractivity contribution in [3.63, 3.8) is 0 Å². The molecule has 25 heavy (non-hydrogen) atoms. The van der Waals surface area contributed by atoms with Crippen LogP contribution in [0.4, 0.5) is 10.5 Å². The molecule has 0 spiro atoms. The van der Waals surface area contributed by atoms with Gasteiger partial charge in [0.05, 0.1) is 18.0 Å². The van der Waals surface area contributed by atoms with Gasteiger partial charge in [-0.3, -0.25) is 0 Å². The van der Waals surface area contributed by atoms with Gasteiger partial charge in [0.25, 0.3) is 0 Å². The van der Waals surface area contributed by atoms with Gasteiger partial charge in [-0.15, -0.1) is 0 Å². The zero-order valence-corrected chi connectivity index (χ0v) is 15.3. The number of unbranched alkanes of at least 4 members (excludes halogenated alkanes) is 2. The van der Waals surface area contributed by atoms with Crippen molar-refractivity contribution < 1.29 is 9.90 Å². The monoisotopic (exact) mass is 344 g/mol. The minimum Gasteiger partial charge on any atom is -0.395 e. The molecule has 0 unspecified atom stereocenters. The number of rotatable bonds is 8. The zero-order valence-electron chi connectivity index (χ0n) is 15.3. The summed E-state index contributed by atoms with van der Waals surface area (Å²) in [5.41, 5.74) is 3.62. The van der Waals surface area contributed by atoms with E-state index in [2.05, 4.69) is 17.3 Å². The third-order valence-electron chi connectivity index (χ3n) is 4.04. The number of hydrogen-bond donors (Lipinski definition) is 2. The third-order valence-corrected chi connectivity index (χ3v) is 4.04. The molecule has 0 aliphatic carbocycles. The molecule has 0 saturated heterocycles. The summed E-state index contributed by atoms with van der Waals surface area (Å²) in [7, 11) is 0. The van der Waals surface area contributed by atoms with Crippen LogP contribution in [-0.2, 0) is 0 Å². The number of aliphatic hydroxyl groups is 1. The average molecular weight is 344 g/mol. The predicted molar refractivity (Wildman–Crippen MR) is 100 cm³/mol. The summed E-state index contributed by atoms with van der Waals surface area (Å²) in [5.74, 6) is 0. The van der Waals surface area contributed by atoms with E-state index in [1.165, 1.54) is 0 Å². The van der Waals surface area contributed by atoms with Gasteiger partial charge in [0.15, 0.2) is 0 Å². The van der Waals surface area contributed by atoms with Crippen LogP contribution in [0.25, 0.3) is 5.69 Å². The maximum Gasteiger partial charge on any atom is 0.321 e. The van der Waals surface area contributed by atoms with Crippen LogP contribution in [0.2, 0.25) is 0 Å². The molecule has 0 fully saturated rings. The smallest absolute Gasteiger partial charge is 0.321 e. The highest BCUT2D eigenvalue weighted by Gasteiger charge is 2.13. The number of hydrogen-bond acceptors (Lipinski definition) is 3. The fourth-order valence-corrected chi connectivity index (χ4v) is 2.80. The van der Waals surface area contributed by atoms with Crippen LogP contribution in [0, 0.1) is 13.8 Å². The van der Waals surface area contributed by atoms with Gasteiger partial charge < -0.3 is 15.3 Å². The molecule has 1 heterocycles. The van der Waals surface area contributed by atoms with Crippen molar-refractivity contribution >= 4 is 11.7 Å². The second-order valence-corrected chi connectivity index (χ2v) is 6.24. The van der Waals surface area contributed by atoms with Crippen LogP contribution in [0.15, 0.2) is 30.3 Å². The quantitative estimate of drug-likeness (QED) is 0.720. The Morgan fingerprint density at radius 3 is 2.68 bits per heavy atom. The lowest BCUT2D eigenvalue weighted by Crippen LogP contribution is -2.37. The number of aliphatic hydroxyl groups excluding tert-OH is 1. The molecule has 2 N–H and O–H groups in total. The highest BCUT2D eigenvalue weighted by molar-refractivity contribution is 5.89. The van der Waals surface area contributed by atoms with Gasteiger partial charge in [0, 0.05) is 24.5 Å². The largest absolute Gasteiger partial charge is 0.395 e. The first kappa shape index (κ1) is 19.0. The molecular formula is C19H28N4O2. The fourth-order valence-electron chi connectivity index (χ4n) is 2.80. The number of urea groups is 1. The summed E-state index contributed by atoms with van der Waals surface area (Å²) in [6, 6.07) is 9.45. The standard InChI is InChI=1S/C19H28N4O2/c1-4-5-6-10-22(11-12-24)19(25)20-17-8-7-9-18(14-17)23-16(3)13-15(2)21-23/h7-9,13-14,24H,4-6,10-12H2,1-3H3,(H,20,25). The Bertz CT molecular complexity index is 696. The lowest BCUT2D eigenvalue weighted by molar-refractivity contribution is 0.187. The molecule has 0 radical (unpaired) electrons. The SMILES string of the molecule is CCCCCN(CCO)C(=O)Nc1cccc(-n2nc(C)cc2C)c1. The number of aryl methyl sites for hydroxylation is 2. The summed E-state index contributed by atoms with van der Waals surface area (Å²) in [6.45, 7) is 7.04. The van der Waals surface area contributed by atoms with Crippen molar-refractivity contribution in [2.24, 2.45) is 0 Å². The zero-order chi connectivity index (χ0) is 18.2. The third kappa shape index (κ3) is 5.32. The van der Waals surface area contributed by atoms with Crippen molar-refractivity contribution in [3.05, 3.63) is 41.7 Å². The first-order valence-electron chi connectivity index (χ1n) is 8.85. The molecule has 0 saturated carbocycles. The molecule has 6 nitrogen and oxygen atoms in total. The second-order valence-electron chi connectivity index (χ2n) is 6.24. The molecule has 0 atom stereocenters. The molecule has 2 rings (SSSR count). The Balaban J connectivity index is 2.09. The molecule has 2 amide bonds. The van der Waals surface area contributed by atoms with Gasteiger partial charge in [-0.25, -0.2) is 9.48 Å². The topological polar surface area (TPSA) is 70.4 Å². The Labute approximate surface area is 149 Å². The Kier molecular flexibility index (Phi) is 7.01. The number of benzene rings is 1. The van der Waals surface area contributed by atoms with Crippen molar-refractivity contribution in [1.29, 1.82) is 0 Å². The van der Waals surface area contributed by atoms with Gasteiger partial charge in [-0.1, -0.05) is 25.8 Å². The Hall–Kier alpha value is -2.34. The van der Waals surface area contributed by atoms with Crippen molar-refractivity contribution in [3.8, 4) is 5.69 Å². The van der Waals surface area contributed by atoms with E-state index in [1.54, 1.807) is 4.90 Å². The lowest BCUT2D eigenvalue weighted by Gasteiger charge is -2.22. The number of carbonyl (C=O) groups excluding carboxylic acids is 1. The molecule has 136 valence electrons. The van der Waals surface area contributed by atoms with Crippen LogP contribution < -0.4 is 5.32 Å². The minimum absolute atomic E-state index is 0.0364. The van der Waals surface area contributed by atoms with Crippen molar-refractivity contribution in [2.75, 3.05) is 25.0 Å². The first-order valence-corrected chi connectivity index (χ1v) is 8.85. The first-order chi connectivity index (χ1) is 12.0. The Morgan fingerprint density at radius 2 is 2.04 bits per heavy atom. The molecule has 0 aliphatic heterocycles. The van der Waals surface area contributed by atoms with Crippen LogP contribution in [0.3, 0.4) is 0 Å². The summed E-state index contributed by atoms with van der Waals surface area (Å²) in [4.78, 5) is 14.2. The van der Waals surface area contributed by atoms with E-state index < -0.39 is 0 Å². The van der Waals surface area contributed by atoms with Crippen LogP contribution >= 0.6 is 0 Å². The number of carbonyl (C=O) groups is 1. The summed E-state index contributed by atoms with van der Waals surface area (Å²) in [5, 5.41) is 16.6. The molecule has 1 aromatic heterocycles. The summed E-state index contributed by atoms with van der Waals surface area (Å²) in [6.07, 6.45) is 3.11. The summed E-state index contributed by atoms with van der Waals surface area (Å²) >= 11 is 0. The van der Waals surface area contributed by atoms with Gasteiger partial charge in [-0.05, 0) is 44.5 Å². The van der Waals surface area contributed by atoms with Crippen LogP contribution in [-0.4, -0.2) is 45.5 Å². The molecule has 0 bridgehead atoms. The minimum atomic E-state index is -0.185. The maximum absolute atomic E-state index is 12.5. The van der Waals surface area contributed by atoms with Crippen LogP contribution in [0.5, 0.6) is 0 Å². The number of nitrogens with one attached hydrogen (secondary N) is 1. The van der Waals surface area contributed by atoms with E-state index in [0.717, 1.165) is 36.3 Å². The van der Waals surface area contributed by atoms with Crippen LogP contribution in [0.1, 0.15) is 37.6 Å². The predicted octanol–water partition coefficient (Wildman–Crippen LogP) is 3.51. The molecule has 2 aromatic rings. The molecule has 1 aromatic carbocycles.